The van der Waals surface area contributed by atoms with E-state index in [2.05, 4.69) is 20.6 Å². The molecular formula is C10H10N4O2. The Bertz CT molecular complexity index is 455. The molecule has 0 fully saturated rings. The van der Waals surface area contributed by atoms with Crippen molar-refractivity contribution in [2.24, 2.45) is 0 Å². The summed E-state index contributed by atoms with van der Waals surface area (Å²) in [4.78, 5) is 11.1. The summed E-state index contributed by atoms with van der Waals surface area (Å²) in [5.74, 6) is -1.51. The second kappa shape index (κ2) is 4.52. The molecule has 82 valence electrons. The van der Waals surface area contributed by atoms with Crippen molar-refractivity contribution in [3.8, 4) is 0 Å². The fourth-order valence-corrected chi connectivity index (χ4v) is 1.46. The first-order valence-corrected chi connectivity index (χ1v) is 4.77. The largest absolute Gasteiger partial charge is 0.481 e. The number of hydrogen-bond acceptors (Lipinski definition) is 4. The van der Waals surface area contributed by atoms with Crippen LogP contribution in [-0.4, -0.2) is 31.7 Å². The molecule has 0 aliphatic rings. The van der Waals surface area contributed by atoms with Gasteiger partial charge in [-0.2, -0.15) is 5.21 Å². The molecule has 1 aromatic carbocycles. The van der Waals surface area contributed by atoms with Crippen molar-refractivity contribution in [2.45, 2.75) is 12.3 Å². The van der Waals surface area contributed by atoms with Crippen molar-refractivity contribution < 1.29 is 9.90 Å². The fraction of sp³-hybridized carbons (Fsp3) is 0.200. The average molecular weight is 218 g/mol. The molecule has 6 heteroatoms. The number of hydrogen-bond donors (Lipinski definition) is 2. The van der Waals surface area contributed by atoms with Gasteiger partial charge in [-0.25, -0.2) is 0 Å². The van der Waals surface area contributed by atoms with E-state index >= 15 is 0 Å². The van der Waals surface area contributed by atoms with Crippen LogP contribution in [0.2, 0.25) is 0 Å². The molecule has 0 aliphatic heterocycles. The van der Waals surface area contributed by atoms with E-state index < -0.39 is 11.9 Å². The number of rotatable bonds is 4. The topological polar surface area (TPSA) is 91.8 Å². The smallest absolute Gasteiger partial charge is 0.314 e. The third-order valence-corrected chi connectivity index (χ3v) is 2.25. The van der Waals surface area contributed by atoms with Gasteiger partial charge in [0, 0.05) is 0 Å². The van der Waals surface area contributed by atoms with Crippen LogP contribution in [0.15, 0.2) is 30.3 Å². The standard InChI is InChI=1S/C10H10N4O2/c15-10(16)8(9-11-13-14-12-9)6-7-4-2-1-3-5-7/h1-5,8H,6H2,(H,15,16)(H,11,12,13,14)/t8-/m0/s1. The van der Waals surface area contributed by atoms with Crippen molar-refractivity contribution >= 4 is 5.97 Å². The van der Waals surface area contributed by atoms with E-state index in [0.29, 0.717) is 6.42 Å². The molecule has 0 spiro atoms. The van der Waals surface area contributed by atoms with Gasteiger partial charge in [-0.3, -0.25) is 4.79 Å². The number of aromatic amines is 1. The summed E-state index contributed by atoms with van der Waals surface area (Å²) in [6.45, 7) is 0. The third kappa shape index (κ3) is 2.22. The molecule has 0 bridgehead atoms. The minimum Gasteiger partial charge on any atom is -0.481 e. The van der Waals surface area contributed by atoms with Gasteiger partial charge in [0.1, 0.15) is 5.92 Å². The normalized spacial score (nSPS) is 12.2. The number of carboxylic acid groups (broad SMARTS) is 1. The molecule has 1 atom stereocenters. The highest BCUT2D eigenvalue weighted by Crippen LogP contribution is 2.16. The number of nitrogens with zero attached hydrogens (tertiary/aromatic N) is 3. The molecule has 1 heterocycles. The van der Waals surface area contributed by atoms with Crippen LogP contribution in [0.25, 0.3) is 0 Å². The minimum atomic E-state index is -0.953. The van der Waals surface area contributed by atoms with Gasteiger partial charge in [0.05, 0.1) is 0 Å². The molecule has 1 aromatic heterocycles. The maximum absolute atomic E-state index is 11.1. The molecule has 16 heavy (non-hydrogen) atoms. The van der Waals surface area contributed by atoms with Crippen molar-refractivity contribution in [2.75, 3.05) is 0 Å². The van der Waals surface area contributed by atoms with Crippen LogP contribution >= 0.6 is 0 Å². The molecule has 2 aromatic rings. The van der Waals surface area contributed by atoms with Crippen LogP contribution in [0.5, 0.6) is 0 Å². The fourth-order valence-electron chi connectivity index (χ4n) is 1.46. The van der Waals surface area contributed by atoms with Crippen LogP contribution in [-0.2, 0) is 11.2 Å². The van der Waals surface area contributed by atoms with E-state index in [9.17, 15) is 4.79 Å². The Labute approximate surface area is 91.3 Å². The zero-order chi connectivity index (χ0) is 11.4. The Morgan fingerprint density at radius 2 is 2.12 bits per heavy atom. The van der Waals surface area contributed by atoms with Gasteiger partial charge in [0.2, 0.25) is 0 Å². The van der Waals surface area contributed by atoms with Gasteiger partial charge < -0.3 is 5.11 Å². The molecule has 6 nitrogen and oxygen atoms in total. The number of carbonyl (C=O) groups is 1. The van der Waals surface area contributed by atoms with E-state index in [-0.39, 0.29) is 5.82 Å². The van der Waals surface area contributed by atoms with E-state index in [1.807, 2.05) is 30.3 Å². The van der Waals surface area contributed by atoms with Crippen LogP contribution in [0.3, 0.4) is 0 Å². The zero-order valence-electron chi connectivity index (χ0n) is 8.37. The maximum atomic E-state index is 11.1. The number of tetrazole rings is 1. The number of H-pyrrole nitrogens is 1. The molecule has 2 N–H and O–H groups in total. The van der Waals surface area contributed by atoms with Gasteiger partial charge in [-0.15, -0.1) is 10.2 Å². The summed E-state index contributed by atoms with van der Waals surface area (Å²) >= 11 is 0. The number of aromatic nitrogens is 4. The first kappa shape index (κ1) is 10.3. The second-order valence-corrected chi connectivity index (χ2v) is 3.35. The average Bonchev–Trinajstić information content (AvgIpc) is 2.80. The number of aliphatic carboxylic acids is 1. The minimum absolute atomic E-state index is 0.205. The lowest BCUT2D eigenvalue weighted by atomic mass is 9.99. The summed E-state index contributed by atoms with van der Waals surface area (Å²) < 4.78 is 0. The second-order valence-electron chi connectivity index (χ2n) is 3.35. The zero-order valence-corrected chi connectivity index (χ0v) is 8.37. The monoisotopic (exact) mass is 218 g/mol. The molecule has 2 rings (SSSR count). The molecule has 0 saturated carbocycles. The summed E-state index contributed by atoms with van der Waals surface area (Å²) in [6, 6.07) is 9.36. The number of carboxylic acids is 1. The Morgan fingerprint density at radius 3 is 2.69 bits per heavy atom. The molecule has 0 amide bonds. The third-order valence-electron chi connectivity index (χ3n) is 2.25. The van der Waals surface area contributed by atoms with E-state index in [1.54, 1.807) is 0 Å². The first-order chi connectivity index (χ1) is 7.77. The lowest BCUT2D eigenvalue weighted by Crippen LogP contribution is -2.16. The molecule has 0 unspecified atom stereocenters. The highest BCUT2D eigenvalue weighted by atomic mass is 16.4. The lowest BCUT2D eigenvalue weighted by Gasteiger charge is -2.07. The van der Waals surface area contributed by atoms with Crippen molar-refractivity contribution in [3.05, 3.63) is 41.7 Å². The Morgan fingerprint density at radius 1 is 1.38 bits per heavy atom. The van der Waals surface area contributed by atoms with Crippen molar-refractivity contribution in [1.29, 1.82) is 0 Å². The highest BCUT2D eigenvalue weighted by molar-refractivity contribution is 5.75. The van der Waals surface area contributed by atoms with Crippen LogP contribution in [0, 0.1) is 0 Å². The van der Waals surface area contributed by atoms with Crippen LogP contribution in [0.1, 0.15) is 17.3 Å². The quantitative estimate of drug-likeness (QED) is 0.784. The Kier molecular flexibility index (Phi) is 2.90. The highest BCUT2D eigenvalue weighted by Gasteiger charge is 2.24. The van der Waals surface area contributed by atoms with Gasteiger partial charge in [-0.05, 0) is 12.0 Å². The van der Waals surface area contributed by atoms with Gasteiger partial charge >= 0.3 is 5.97 Å². The molecule has 0 aliphatic carbocycles. The van der Waals surface area contributed by atoms with Gasteiger partial charge in [0.25, 0.3) is 0 Å². The maximum Gasteiger partial charge on any atom is 0.314 e. The van der Waals surface area contributed by atoms with Crippen molar-refractivity contribution in [1.82, 2.24) is 20.6 Å². The van der Waals surface area contributed by atoms with Crippen molar-refractivity contribution in [3.63, 3.8) is 0 Å². The summed E-state index contributed by atoms with van der Waals surface area (Å²) in [7, 11) is 0. The Hall–Kier alpha value is -2.24. The summed E-state index contributed by atoms with van der Waals surface area (Å²) in [5.41, 5.74) is 0.930. The lowest BCUT2D eigenvalue weighted by molar-refractivity contribution is -0.139. The van der Waals surface area contributed by atoms with Gasteiger partial charge in [0.15, 0.2) is 5.82 Å². The molecular weight excluding hydrogens is 208 g/mol. The predicted molar refractivity (Wildman–Crippen MR) is 54.7 cm³/mol. The van der Waals surface area contributed by atoms with Crippen LogP contribution in [0.4, 0.5) is 0 Å². The van der Waals surface area contributed by atoms with E-state index in [0.717, 1.165) is 5.56 Å². The molecule has 0 radical (unpaired) electrons. The SMILES string of the molecule is O=C(O)[C@@H](Cc1ccccc1)c1nn[nH]n1. The Balaban J connectivity index is 2.19. The first-order valence-electron chi connectivity index (χ1n) is 4.77. The predicted octanol–water partition coefficient (Wildman–Crippen LogP) is 0.611. The van der Waals surface area contributed by atoms with Gasteiger partial charge in [-0.1, -0.05) is 35.5 Å². The summed E-state index contributed by atoms with van der Waals surface area (Å²) in [6.07, 6.45) is 0.357. The summed E-state index contributed by atoms with van der Waals surface area (Å²) in [5, 5.41) is 22.1. The number of benzene rings is 1. The van der Waals surface area contributed by atoms with E-state index in [4.69, 9.17) is 5.11 Å². The number of nitrogens with one attached hydrogen (secondary N) is 1. The van der Waals surface area contributed by atoms with Crippen LogP contribution < -0.4 is 0 Å². The molecule has 0 saturated heterocycles. The van der Waals surface area contributed by atoms with E-state index in [1.165, 1.54) is 0 Å².